The van der Waals surface area contributed by atoms with E-state index >= 15 is 0 Å². The van der Waals surface area contributed by atoms with Crippen LogP contribution >= 0.6 is 0 Å². The first-order chi connectivity index (χ1) is 8.86. The molecule has 1 saturated carbocycles. The molecule has 6 nitrogen and oxygen atoms in total. The standard InChI is InChI=1S/C12H22N2O4S/c1-2-18-11(15)12(13)4-3-10(9-12)14-5-7-19(16,17)8-6-14/h10H,2-9,13H2,1H3. The molecule has 2 unspecified atom stereocenters. The largest absolute Gasteiger partial charge is 0.465 e. The van der Waals surface area contributed by atoms with Gasteiger partial charge in [-0.25, -0.2) is 8.42 Å². The van der Waals surface area contributed by atoms with E-state index in [9.17, 15) is 13.2 Å². The molecule has 110 valence electrons. The van der Waals surface area contributed by atoms with Crippen LogP contribution in [0, 0.1) is 0 Å². The molecule has 1 saturated heterocycles. The molecule has 1 aliphatic heterocycles. The summed E-state index contributed by atoms with van der Waals surface area (Å²) in [4.78, 5) is 14.0. The van der Waals surface area contributed by atoms with Crippen LogP contribution in [0.5, 0.6) is 0 Å². The van der Waals surface area contributed by atoms with Gasteiger partial charge >= 0.3 is 5.97 Å². The van der Waals surface area contributed by atoms with Gasteiger partial charge in [0, 0.05) is 19.1 Å². The lowest BCUT2D eigenvalue weighted by atomic mass is 9.99. The summed E-state index contributed by atoms with van der Waals surface area (Å²) in [5, 5.41) is 0. The molecule has 19 heavy (non-hydrogen) atoms. The second-order valence-electron chi connectivity index (χ2n) is 5.46. The van der Waals surface area contributed by atoms with Crippen molar-refractivity contribution in [2.24, 2.45) is 5.73 Å². The van der Waals surface area contributed by atoms with Crippen LogP contribution < -0.4 is 5.73 Å². The molecule has 0 bridgehead atoms. The fourth-order valence-electron chi connectivity index (χ4n) is 2.91. The molecule has 2 atom stereocenters. The van der Waals surface area contributed by atoms with E-state index in [2.05, 4.69) is 4.90 Å². The van der Waals surface area contributed by atoms with Crippen LogP contribution in [0.2, 0.25) is 0 Å². The van der Waals surface area contributed by atoms with Gasteiger partial charge in [0.1, 0.15) is 5.54 Å². The highest BCUT2D eigenvalue weighted by Crippen LogP contribution is 2.32. The molecule has 2 N–H and O–H groups in total. The third-order valence-electron chi connectivity index (χ3n) is 4.10. The minimum atomic E-state index is -2.86. The number of rotatable bonds is 3. The normalized spacial score (nSPS) is 35.2. The molecular weight excluding hydrogens is 268 g/mol. The third-order valence-corrected chi connectivity index (χ3v) is 5.71. The lowest BCUT2D eigenvalue weighted by Gasteiger charge is -2.32. The van der Waals surface area contributed by atoms with Crippen molar-refractivity contribution < 1.29 is 17.9 Å². The second kappa shape index (κ2) is 5.38. The van der Waals surface area contributed by atoms with Gasteiger partial charge in [0.05, 0.1) is 18.1 Å². The molecule has 0 amide bonds. The minimum Gasteiger partial charge on any atom is -0.465 e. The van der Waals surface area contributed by atoms with Gasteiger partial charge in [-0.2, -0.15) is 0 Å². The maximum Gasteiger partial charge on any atom is 0.326 e. The van der Waals surface area contributed by atoms with E-state index < -0.39 is 15.4 Å². The van der Waals surface area contributed by atoms with Crippen LogP contribution in [0.1, 0.15) is 26.2 Å². The predicted octanol–water partition coefficient (Wildman–Crippen LogP) is -0.470. The quantitative estimate of drug-likeness (QED) is 0.707. The number of hydrogen-bond acceptors (Lipinski definition) is 6. The van der Waals surface area contributed by atoms with Crippen molar-refractivity contribution in [3.63, 3.8) is 0 Å². The maximum atomic E-state index is 11.8. The van der Waals surface area contributed by atoms with E-state index in [0.717, 1.165) is 6.42 Å². The summed E-state index contributed by atoms with van der Waals surface area (Å²) >= 11 is 0. The Hall–Kier alpha value is -0.660. The Morgan fingerprint density at radius 1 is 1.42 bits per heavy atom. The van der Waals surface area contributed by atoms with Crippen LogP contribution in [-0.4, -0.2) is 62.1 Å². The van der Waals surface area contributed by atoms with Gasteiger partial charge in [0.25, 0.3) is 0 Å². The Labute approximate surface area is 114 Å². The molecule has 0 spiro atoms. The Balaban J connectivity index is 1.93. The van der Waals surface area contributed by atoms with Crippen molar-refractivity contribution in [1.82, 2.24) is 4.90 Å². The zero-order valence-corrected chi connectivity index (χ0v) is 12.1. The van der Waals surface area contributed by atoms with Gasteiger partial charge in [0.15, 0.2) is 9.84 Å². The van der Waals surface area contributed by atoms with Crippen molar-refractivity contribution in [1.29, 1.82) is 0 Å². The van der Waals surface area contributed by atoms with Crippen LogP contribution in [-0.2, 0) is 19.4 Å². The number of hydrogen-bond donors (Lipinski definition) is 1. The number of ether oxygens (including phenoxy) is 1. The van der Waals surface area contributed by atoms with Gasteiger partial charge in [0.2, 0.25) is 0 Å². The predicted molar refractivity (Wildman–Crippen MR) is 71.4 cm³/mol. The summed E-state index contributed by atoms with van der Waals surface area (Å²) in [5.41, 5.74) is 5.23. The number of sulfone groups is 1. The topological polar surface area (TPSA) is 89.7 Å². The molecule has 7 heteroatoms. The highest BCUT2D eigenvalue weighted by Gasteiger charge is 2.45. The maximum absolute atomic E-state index is 11.8. The second-order valence-corrected chi connectivity index (χ2v) is 7.76. The van der Waals surface area contributed by atoms with Gasteiger partial charge in [-0.05, 0) is 26.2 Å². The molecule has 0 radical (unpaired) electrons. The van der Waals surface area contributed by atoms with Crippen LogP contribution in [0.25, 0.3) is 0 Å². The minimum absolute atomic E-state index is 0.199. The Bertz CT molecular complexity index is 437. The molecule has 2 aliphatic rings. The summed E-state index contributed by atoms with van der Waals surface area (Å²) < 4.78 is 27.8. The van der Waals surface area contributed by atoms with E-state index in [-0.39, 0.29) is 23.5 Å². The number of carbonyl (C=O) groups is 1. The average Bonchev–Trinajstić information content (AvgIpc) is 2.74. The van der Waals surface area contributed by atoms with Gasteiger partial charge in [-0.15, -0.1) is 0 Å². The highest BCUT2D eigenvalue weighted by molar-refractivity contribution is 7.91. The van der Waals surface area contributed by atoms with Crippen LogP contribution in [0.4, 0.5) is 0 Å². The van der Waals surface area contributed by atoms with Crippen molar-refractivity contribution in [2.45, 2.75) is 37.8 Å². The highest BCUT2D eigenvalue weighted by atomic mass is 32.2. The first-order valence-electron chi connectivity index (χ1n) is 6.77. The van der Waals surface area contributed by atoms with E-state index in [1.165, 1.54) is 0 Å². The van der Waals surface area contributed by atoms with Crippen molar-refractivity contribution in [3.05, 3.63) is 0 Å². The van der Waals surface area contributed by atoms with Crippen molar-refractivity contribution in [2.75, 3.05) is 31.2 Å². The van der Waals surface area contributed by atoms with Gasteiger partial charge in [-0.3, -0.25) is 9.69 Å². The van der Waals surface area contributed by atoms with Crippen molar-refractivity contribution >= 4 is 15.8 Å². The molecule has 0 aromatic carbocycles. The molecule has 2 rings (SSSR count). The fraction of sp³-hybridized carbons (Fsp3) is 0.917. The van der Waals surface area contributed by atoms with E-state index in [1.54, 1.807) is 6.92 Å². The number of carbonyl (C=O) groups excluding carboxylic acids is 1. The fourth-order valence-corrected chi connectivity index (χ4v) is 4.14. The van der Waals surface area contributed by atoms with E-state index in [1.807, 2.05) is 0 Å². The summed E-state index contributed by atoms with van der Waals surface area (Å²) in [6.07, 6.45) is 2.00. The smallest absolute Gasteiger partial charge is 0.326 e. The zero-order chi connectivity index (χ0) is 14.1. The van der Waals surface area contributed by atoms with Gasteiger partial charge in [-0.1, -0.05) is 0 Å². The number of nitrogens with zero attached hydrogens (tertiary/aromatic N) is 1. The Morgan fingerprint density at radius 3 is 2.63 bits per heavy atom. The zero-order valence-electron chi connectivity index (χ0n) is 11.3. The van der Waals surface area contributed by atoms with Gasteiger partial charge < -0.3 is 10.5 Å². The summed E-state index contributed by atoms with van der Waals surface area (Å²) in [7, 11) is -2.86. The molecule has 2 fully saturated rings. The molecule has 1 aliphatic carbocycles. The third kappa shape index (κ3) is 3.27. The summed E-state index contributed by atoms with van der Waals surface area (Å²) in [5.74, 6) is 0.0863. The van der Waals surface area contributed by atoms with Crippen molar-refractivity contribution in [3.8, 4) is 0 Å². The van der Waals surface area contributed by atoms with E-state index in [0.29, 0.717) is 32.5 Å². The molecule has 1 heterocycles. The average molecular weight is 290 g/mol. The SMILES string of the molecule is CCOC(=O)C1(N)CCC(N2CCS(=O)(=O)CC2)C1. The number of nitrogens with two attached hydrogens (primary N) is 1. The lowest BCUT2D eigenvalue weighted by Crippen LogP contribution is -2.50. The van der Waals surface area contributed by atoms with Crippen LogP contribution in [0.3, 0.4) is 0 Å². The first-order valence-corrected chi connectivity index (χ1v) is 8.59. The number of esters is 1. The summed E-state index contributed by atoms with van der Waals surface area (Å²) in [6, 6.07) is 0.199. The molecule has 0 aromatic heterocycles. The lowest BCUT2D eigenvalue weighted by molar-refractivity contribution is -0.149. The molecular formula is C12H22N2O4S. The van der Waals surface area contributed by atoms with Crippen LogP contribution in [0.15, 0.2) is 0 Å². The monoisotopic (exact) mass is 290 g/mol. The Kier molecular flexibility index (Phi) is 4.17. The Morgan fingerprint density at radius 2 is 2.05 bits per heavy atom. The first kappa shape index (κ1) is 14.7. The van der Waals surface area contributed by atoms with E-state index in [4.69, 9.17) is 10.5 Å². The molecule has 0 aromatic rings. The summed E-state index contributed by atoms with van der Waals surface area (Å²) in [6.45, 7) is 3.20.